The van der Waals surface area contributed by atoms with Crippen LogP contribution in [0.3, 0.4) is 0 Å². The molecule has 2 aromatic carbocycles. The maximum Gasteiger partial charge on any atom is 0.390 e. The van der Waals surface area contributed by atoms with Gasteiger partial charge in [-0.3, -0.25) is 14.4 Å². The van der Waals surface area contributed by atoms with Crippen LogP contribution in [0.5, 0.6) is 0 Å². The van der Waals surface area contributed by atoms with Gasteiger partial charge in [0, 0.05) is 18.7 Å². The Morgan fingerprint density at radius 1 is 1.06 bits per heavy atom. The maximum absolute atomic E-state index is 15.0. The third kappa shape index (κ3) is 4.74. The molecule has 3 N–H and O–H groups in total. The zero-order valence-electron chi connectivity index (χ0n) is 18.2. The summed E-state index contributed by atoms with van der Waals surface area (Å²) < 4.78 is 54.4. The van der Waals surface area contributed by atoms with Gasteiger partial charge in [0.1, 0.15) is 6.04 Å². The fraction of sp³-hybridized carbons (Fsp3) is 0.348. The number of carbonyl (C=O) groups is 3. The van der Waals surface area contributed by atoms with E-state index >= 15 is 4.39 Å². The van der Waals surface area contributed by atoms with E-state index in [1.54, 1.807) is 36.4 Å². The van der Waals surface area contributed by atoms with Gasteiger partial charge in [-0.1, -0.05) is 42.5 Å². The van der Waals surface area contributed by atoms with Gasteiger partial charge < -0.3 is 20.6 Å². The van der Waals surface area contributed by atoms with Crippen molar-refractivity contribution in [2.75, 3.05) is 24.6 Å². The van der Waals surface area contributed by atoms with Gasteiger partial charge in [-0.05, 0) is 24.1 Å². The second-order valence-electron chi connectivity index (χ2n) is 7.95. The van der Waals surface area contributed by atoms with E-state index in [-0.39, 0.29) is 12.1 Å². The minimum atomic E-state index is -4.74. The van der Waals surface area contributed by atoms with E-state index in [9.17, 15) is 32.7 Å². The topological polar surface area (TPSA) is 104 Å². The summed E-state index contributed by atoms with van der Waals surface area (Å²) in [7, 11) is 0. The molecule has 0 unspecified atom stereocenters. The molecule has 182 valence electrons. The largest absolute Gasteiger partial charge is 0.395 e. The van der Waals surface area contributed by atoms with Gasteiger partial charge in [-0.25, -0.2) is 4.39 Å². The van der Waals surface area contributed by atoms with Crippen LogP contribution in [0.1, 0.15) is 24.9 Å². The van der Waals surface area contributed by atoms with Gasteiger partial charge in [0.25, 0.3) is 23.4 Å². The molecule has 3 amide bonds. The summed E-state index contributed by atoms with van der Waals surface area (Å²) in [5.74, 6) is -4.21. The monoisotopic (exact) mass is 481 g/mol. The number of halogens is 4. The molecule has 0 radical (unpaired) electrons. The molecule has 1 aliphatic rings. The van der Waals surface area contributed by atoms with Gasteiger partial charge in [0.05, 0.1) is 18.7 Å². The van der Waals surface area contributed by atoms with Crippen molar-refractivity contribution < 1.29 is 37.1 Å². The molecule has 0 saturated heterocycles. The van der Waals surface area contributed by atoms with Crippen LogP contribution in [-0.4, -0.2) is 59.3 Å². The van der Waals surface area contributed by atoms with Crippen LogP contribution in [-0.2, 0) is 14.4 Å². The van der Waals surface area contributed by atoms with Gasteiger partial charge >= 0.3 is 6.18 Å². The van der Waals surface area contributed by atoms with Crippen LogP contribution >= 0.6 is 0 Å². The van der Waals surface area contributed by atoms with Crippen molar-refractivity contribution in [3.8, 4) is 11.1 Å². The summed E-state index contributed by atoms with van der Waals surface area (Å²) in [6, 6.07) is 11.1. The normalized spacial score (nSPS) is 17.3. The number of nitrogens with zero attached hydrogens (tertiary/aromatic N) is 2. The van der Waals surface area contributed by atoms with E-state index in [1.807, 2.05) is 0 Å². The lowest BCUT2D eigenvalue weighted by molar-refractivity contribution is -0.161. The first-order valence-corrected chi connectivity index (χ1v) is 10.4. The van der Waals surface area contributed by atoms with Crippen molar-refractivity contribution in [2.24, 2.45) is 5.73 Å². The highest BCUT2D eigenvalue weighted by Crippen LogP contribution is 2.43. The van der Waals surface area contributed by atoms with Crippen LogP contribution in [0.15, 0.2) is 48.5 Å². The number of nitrogens with two attached hydrogens (primary N) is 1. The molecule has 34 heavy (non-hydrogen) atoms. The van der Waals surface area contributed by atoms with E-state index in [0.717, 1.165) is 4.90 Å². The molecule has 3 rings (SSSR count). The number of carbonyl (C=O) groups excluding carboxylic acids is 3. The van der Waals surface area contributed by atoms with Gasteiger partial charge in [0.15, 0.2) is 0 Å². The minimum Gasteiger partial charge on any atom is -0.395 e. The Morgan fingerprint density at radius 2 is 1.65 bits per heavy atom. The van der Waals surface area contributed by atoms with Crippen molar-refractivity contribution in [3.05, 3.63) is 54.1 Å². The molecule has 0 fully saturated rings. The third-order valence-corrected chi connectivity index (χ3v) is 5.64. The average molecular weight is 481 g/mol. The Balaban J connectivity index is 2.26. The molecule has 11 heteroatoms. The van der Waals surface area contributed by atoms with Crippen molar-refractivity contribution in [3.63, 3.8) is 0 Å². The number of aliphatic hydroxyl groups excluding tert-OH is 1. The fourth-order valence-electron chi connectivity index (χ4n) is 3.92. The van der Waals surface area contributed by atoms with Crippen LogP contribution in [0.25, 0.3) is 11.1 Å². The number of anilines is 1. The Kier molecular flexibility index (Phi) is 6.97. The highest BCUT2D eigenvalue weighted by molar-refractivity contribution is 6.11. The first kappa shape index (κ1) is 25.2. The molecule has 1 aliphatic heterocycles. The highest BCUT2D eigenvalue weighted by atomic mass is 19.4. The number of hydrogen-bond acceptors (Lipinski definition) is 4. The second kappa shape index (κ2) is 9.41. The van der Waals surface area contributed by atoms with Crippen LogP contribution in [0.4, 0.5) is 23.2 Å². The molecule has 0 aromatic heterocycles. The van der Waals surface area contributed by atoms with Crippen molar-refractivity contribution in [1.29, 1.82) is 0 Å². The van der Waals surface area contributed by atoms with E-state index in [0.29, 0.717) is 28.6 Å². The summed E-state index contributed by atoms with van der Waals surface area (Å²) in [5, 5.41) is 9.57. The summed E-state index contributed by atoms with van der Waals surface area (Å²) in [4.78, 5) is 40.0. The first-order chi connectivity index (χ1) is 15.9. The number of rotatable bonds is 7. The third-order valence-electron chi connectivity index (χ3n) is 5.64. The minimum absolute atomic E-state index is 0.149. The number of para-hydroxylation sites is 1. The molecule has 0 spiro atoms. The smallest absolute Gasteiger partial charge is 0.390 e. The zero-order chi connectivity index (χ0) is 25.3. The van der Waals surface area contributed by atoms with Crippen LogP contribution in [0, 0.1) is 0 Å². The van der Waals surface area contributed by atoms with E-state index in [4.69, 9.17) is 5.73 Å². The fourth-order valence-corrected chi connectivity index (χ4v) is 3.92. The maximum atomic E-state index is 15.0. The molecular formula is C23H23F4N3O4. The van der Waals surface area contributed by atoms with E-state index in [2.05, 4.69) is 0 Å². The van der Waals surface area contributed by atoms with Crippen LogP contribution in [0.2, 0.25) is 0 Å². The molecular weight excluding hydrogens is 458 g/mol. The standard InChI is InChI=1S/C23H23F4N3O4/c1-22(24,20(28)33)21(34)30(11-10-23(25,26)27)18-16-8-3-2-6-14(16)15-7-4-5-9-17(15)29(12-13-31)19(18)32/h2-9,18,31H,10-13H2,1H3,(H2,28,33)/t18-,22+/m0/s1. The first-order valence-electron chi connectivity index (χ1n) is 10.4. The predicted molar refractivity (Wildman–Crippen MR) is 115 cm³/mol. The number of aliphatic hydroxyl groups is 1. The number of primary amides is 1. The van der Waals surface area contributed by atoms with Crippen molar-refractivity contribution in [1.82, 2.24) is 4.90 Å². The molecule has 7 nitrogen and oxygen atoms in total. The highest BCUT2D eigenvalue weighted by Gasteiger charge is 2.49. The van der Waals surface area contributed by atoms with E-state index < -0.39 is 55.2 Å². The second-order valence-corrected chi connectivity index (χ2v) is 7.95. The number of hydrogen-bond donors (Lipinski definition) is 2. The van der Waals surface area contributed by atoms with Gasteiger partial charge in [-0.2, -0.15) is 13.2 Å². The quantitative estimate of drug-likeness (QED) is 0.469. The Morgan fingerprint density at radius 3 is 2.24 bits per heavy atom. The van der Waals surface area contributed by atoms with E-state index in [1.165, 1.54) is 12.1 Å². The molecule has 2 atom stereocenters. The summed E-state index contributed by atoms with van der Waals surface area (Å²) in [6.07, 6.45) is -6.29. The number of alkyl halides is 4. The average Bonchev–Trinajstić information content (AvgIpc) is 2.87. The van der Waals surface area contributed by atoms with Crippen LogP contribution < -0.4 is 10.6 Å². The SMILES string of the molecule is C[C@@](F)(C(N)=O)C(=O)N(CCC(F)(F)F)[C@@H]1C(=O)N(CCO)c2ccccc2-c2ccccc21. The summed E-state index contributed by atoms with van der Waals surface area (Å²) >= 11 is 0. The molecule has 1 heterocycles. The lowest BCUT2D eigenvalue weighted by Gasteiger charge is -2.36. The van der Waals surface area contributed by atoms with Crippen molar-refractivity contribution >= 4 is 23.4 Å². The number of amides is 3. The summed E-state index contributed by atoms with van der Waals surface area (Å²) in [5.41, 5.74) is 3.12. The molecule has 0 aliphatic carbocycles. The predicted octanol–water partition coefficient (Wildman–Crippen LogP) is 2.73. The Bertz CT molecular complexity index is 1100. The molecule has 0 bridgehead atoms. The van der Waals surface area contributed by atoms with Crippen molar-refractivity contribution in [2.45, 2.75) is 31.2 Å². The Labute approximate surface area is 192 Å². The van der Waals surface area contributed by atoms with Gasteiger partial charge in [0.2, 0.25) is 0 Å². The van der Waals surface area contributed by atoms with Gasteiger partial charge in [-0.15, -0.1) is 0 Å². The lowest BCUT2D eigenvalue weighted by atomic mass is 9.93. The zero-order valence-corrected chi connectivity index (χ0v) is 18.2. The number of β-amino-alcohol motifs (C(OH)–C–C–N with tert-alkyl or cyclic N) is 1. The number of benzene rings is 2. The molecule has 0 saturated carbocycles. The molecule has 2 aromatic rings. The Hall–Kier alpha value is -3.47. The summed E-state index contributed by atoms with van der Waals surface area (Å²) in [6.45, 7) is -1.26. The lowest BCUT2D eigenvalue weighted by Crippen LogP contribution is -2.56. The number of fused-ring (bicyclic) bond motifs is 3.